The molecule has 21 heavy (non-hydrogen) atoms. The molecule has 1 unspecified atom stereocenters. The van der Waals surface area contributed by atoms with E-state index in [1.54, 1.807) is 0 Å². The minimum Gasteiger partial charge on any atom is -0.443 e. The van der Waals surface area contributed by atoms with Crippen LogP contribution in [0, 0.1) is 0 Å². The van der Waals surface area contributed by atoms with Crippen LogP contribution in [-0.2, 0) is 12.0 Å². The van der Waals surface area contributed by atoms with Crippen LogP contribution in [0.3, 0.4) is 0 Å². The molecule has 0 bridgehead atoms. The zero-order valence-corrected chi connectivity index (χ0v) is 13.2. The lowest BCUT2D eigenvalue weighted by atomic mass is 9.94. The number of nitrogens with one attached hydrogen (secondary N) is 1. The van der Waals surface area contributed by atoms with Crippen LogP contribution in [0.4, 0.5) is 11.4 Å². The quantitative estimate of drug-likeness (QED) is 0.911. The fourth-order valence-electron chi connectivity index (χ4n) is 2.60. The van der Waals surface area contributed by atoms with E-state index in [0.29, 0.717) is 12.6 Å². The van der Waals surface area contributed by atoms with Crippen LogP contribution in [0.1, 0.15) is 39.3 Å². The van der Waals surface area contributed by atoms with Crippen molar-refractivity contribution < 1.29 is 4.42 Å². The average molecular weight is 285 g/mol. The molecule has 4 nitrogen and oxygen atoms in total. The lowest BCUT2D eigenvalue weighted by Crippen LogP contribution is -2.41. The van der Waals surface area contributed by atoms with Crippen molar-refractivity contribution in [1.29, 1.82) is 0 Å². The highest BCUT2D eigenvalue weighted by Crippen LogP contribution is 2.32. The van der Waals surface area contributed by atoms with E-state index in [9.17, 15) is 0 Å². The van der Waals surface area contributed by atoms with Gasteiger partial charge in [-0.3, -0.25) is 0 Å². The monoisotopic (exact) mass is 285 g/mol. The number of nitrogens with zero attached hydrogens (tertiary/aromatic N) is 2. The average Bonchev–Trinajstić information content (AvgIpc) is 2.91. The van der Waals surface area contributed by atoms with Crippen molar-refractivity contribution in [3.05, 3.63) is 42.1 Å². The molecule has 1 N–H and O–H groups in total. The third kappa shape index (κ3) is 2.75. The molecule has 0 saturated carbocycles. The Labute approximate surface area is 126 Å². The molecule has 1 atom stereocenters. The predicted molar refractivity (Wildman–Crippen MR) is 85.8 cm³/mol. The Morgan fingerprint density at radius 2 is 2.10 bits per heavy atom. The first-order valence-corrected chi connectivity index (χ1v) is 7.50. The number of hydrogen-bond acceptors (Lipinski definition) is 4. The summed E-state index contributed by atoms with van der Waals surface area (Å²) in [7, 11) is 0. The van der Waals surface area contributed by atoms with E-state index in [1.165, 1.54) is 11.4 Å². The molecule has 3 rings (SSSR count). The summed E-state index contributed by atoms with van der Waals surface area (Å²) in [6, 6.07) is 8.80. The highest BCUT2D eigenvalue weighted by Gasteiger charge is 2.25. The summed E-state index contributed by atoms with van der Waals surface area (Å²) in [6.45, 7) is 10.3. The number of benzene rings is 1. The Kier molecular flexibility index (Phi) is 3.40. The number of rotatable bonds is 2. The predicted octanol–water partition coefficient (Wildman–Crippen LogP) is 3.79. The molecule has 0 radical (unpaired) electrons. The number of anilines is 2. The van der Waals surface area contributed by atoms with Gasteiger partial charge in [-0.25, -0.2) is 4.98 Å². The van der Waals surface area contributed by atoms with Crippen molar-refractivity contribution in [2.24, 2.45) is 0 Å². The summed E-state index contributed by atoms with van der Waals surface area (Å²) in [5.41, 5.74) is 2.39. The van der Waals surface area contributed by atoms with Crippen molar-refractivity contribution in [2.75, 3.05) is 16.8 Å². The minimum absolute atomic E-state index is 0.00176. The molecule has 4 heteroatoms. The van der Waals surface area contributed by atoms with Crippen LogP contribution in [0.25, 0.3) is 0 Å². The number of aromatic nitrogens is 1. The Morgan fingerprint density at radius 3 is 2.81 bits per heavy atom. The van der Waals surface area contributed by atoms with E-state index in [2.05, 4.69) is 67.2 Å². The summed E-state index contributed by atoms with van der Waals surface area (Å²) < 4.78 is 5.94. The maximum absolute atomic E-state index is 5.94. The topological polar surface area (TPSA) is 41.3 Å². The Morgan fingerprint density at radius 1 is 1.33 bits per heavy atom. The maximum atomic E-state index is 5.94. The summed E-state index contributed by atoms with van der Waals surface area (Å²) in [4.78, 5) is 6.81. The van der Waals surface area contributed by atoms with Crippen molar-refractivity contribution in [3.8, 4) is 0 Å². The molecule has 0 fully saturated rings. The van der Waals surface area contributed by atoms with Gasteiger partial charge in [0.15, 0.2) is 0 Å². The van der Waals surface area contributed by atoms with E-state index in [1.807, 2.05) is 6.20 Å². The standard InChI is InChI=1S/C17H23N3O/c1-12-9-18-13-7-5-6-8-14(13)20(12)11-16-19-10-15(21-16)17(2,3)4/h5-8,10,12,18H,9,11H2,1-4H3. The zero-order valence-electron chi connectivity index (χ0n) is 13.2. The van der Waals surface area contributed by atoms with Gasteiger partial charge in [-0.05, 0) is 19.1 Å². The number of oxazole rings is 1. The van der Waals surface area contributed by atoms with Gasteiger partial charge in [-0.1, -0.05) is 32.9 Å². The molecule has 2 aromatic rings. The fraction of sp³-hybridized carbons (Fsp3) is 0.471. The third-order valence-corrected chi connectivity index (χ3v) is 3.93. The van der Waals surface area contributed by atoms with E-state index in [-0.39, 0.29) is 5.41 Å². The van der Waals surface area contributed by atoms with Crippen LogP contribution in [0.5, 0.6) is 0 Å². The molecule has 112 valence electrons. The second-order valence-electron chi connectivity index (χ2n) is 6.74. The molecule has 0 spiro atoms. The van der Waals surface area contributed by atoms with Crippen molar-refractivity contribution in [1.82, 2.24) is 4.98 Å². The van der Waals surface area contributed by atoms with Crippen molar-refractivity contribution in [2.45, 2.75) is 45.7 Å². The van der Waals surface area contributed by atoms with Gasteiger partial charge in [0.2, 0.25) is 5.89 Å². The molecule has 2 heterocycles. The van der Waals surface area contributed by atoms with Gasteiger partial charge in [0.25, 0.3) is 0 Å². The van der Waals surface area contributed by atoms with Crippen molar-refractivity contribution in [3.63, 3.8) is 0 Å². The van der Waals surface area contributed by atoms with Crippen LogP contribution < -0.4 is 10.2 Å². The van der Waals surface area contributed by atoms with Gasteiger partial charge in [-0.15, -0.1) is 0 Å². The molecule has 0 aliphatic carbocycles. The molecule has 1 aliphatic heterocycles. The fourth-order valence-corrected chi connectivity index (χ4v) is 2.60. The van der Waals surface area contributed by atoms with E-state index in [0.717, 1.165) is 18.2 Å². The molecule has 1 aromatic carbocycles. The van der Waals surface area contributed by atoms with Gasteiger partial charge in [0.05, 0.1) is 24.1 Å². The third-order valence-electron chi connectivity index (χ3n) is 3.93. The highest BCUT2D eigenvalue weighted by atomic mass is 16.4. The number of para-hydroxylation sites is 2. The van der Waals surface area contributed by atoms with Gasteiger partial charge in [0.1, 0.15) is 5.76 Å². The Balaban J connectivity index is 1.86. The molecule has 0 amide bonds. The second-order valence-corrected chi connectivity index (χ2v) is 6.74. The lowest BCUT2D eigenvalue weighted by molar-refractivity contribution is 0.377. The molecule has 1 aliphatic rings. The molecule has 1 aromatic heterocycles. The SMILES string of the molecule is CC1CNc2ccccc2N1Cc1ncc(C(C)(C)C)o1. The van der Waals surface area contributed by atoms with Gasteiger partial charge < -0.3 is 14.6 Å². The second kappa shape index (κ2) is 5.10. The Hall–Kier alpha value is -1.97. The van der Waals surface area contributed by atoms with Crippen LogP contribution >= 0.6 is 0 Å². The van der Waals surface area contributed by atoms with E-state index in [4.69, 9.17) is 4.42 Å². The van der Waals surface area contributed by atoms with Gasteiger partial charge in [0, 0.05) is 18.0 Å². The normalized spacial score (nSPS) is 18.3. The van der Waals surface area contributed by atoms with Gasteiger partial charge in [-0.2, -0.15) is 0 Å². The minimum atomic E-state index is -0.00176. The van der Waals surface area contributed by atoms with Gasteiger partial charge >= 0.3 is 0 Å². The van der Waals surface area contributed by atoms with Crippen LogP contribution in [0.2, 0.25) is 0 Å². The summed E-state index contributed by atoms with van der Waals surface area (Å²) in [6.07, 6.45) is 1.86. The Bertz CT molecular complexity index is 627. The first-order chi connectivity index (χ1) is 9.95. The summed E-state index contributed by atoms with van der Waals surface area (Å²) in [5.74, 6) is 1.72. The first kappa shape index (κ1) is 14.0. The smallest absolute Gasteiger partial charge is 0.213 e. The maximum Gasteiger partial charge on any atom is 0.213 e. The number of fused-ring (bicyclic) bond motifs is 1. The first-order valence-electron chi connectivity index (χ1n) is 7.50. The molecular weight excluding hydrogens is 262 g/mol. The number of hydrogen-bond donors (Lipinski definition) is 1. The lowest BCUT2D eigenvalue weighted by Gasteiger charge is -2.36. The van der Waals surface area contributed by atoms with E-state index >= 15 is 0 Å². The van der Waals surface area contributed by atoms with Crippen LogP contribution in [-0.4, -0.2) is 17.6 Å². The zero-order chi connectivity index (χ0) is 15.0. The highest BCUT2D eigenvalue weighted by molar-refractivity contribution is 5.72. The van der Waals surface area contributed by atoms with E-state index < -0.39 is 0 Å². The molecule has 0 saturated heterocycles. The largest absolute Gasteiger partial charge is 0.443 e. The summed E-state index contributed by atoms with van der Waals surface area (Å²) >= 11 is 0. The molecular formula is C17H23N3O. The van der Waals surface area contributed by atoms with Crippen LogP contribution in [0.15, 0.2) is 34.9 Å². The van der Waals surface area contributed by atoms with Crippen molar-refractivity contribution >= 4 is 11.4 Å². The summed E-state index contributed by atoms with van der Waals surface area (Å²) in [5, 5.41) is 3.46.